The summed E-state index contributed by atoms with van der Waals surface area (Å²) in [5, 5.41) is 7.69. The normalized spacial score (nSPS) is 19.0. The third kappa shape index (κ3) is 4.43. The van der Waals surface area contributed by atoms with Gasteiger partial charge in [-0.15, -0.1) is 0 Å². The number of hydrogen-bond acceptors (Lipinski definition) is 3. The lowest BCUT2D eigenvalue weighted by molar-refractivity contribution is 0.114. The molecule has 0 bridgehead atoms. The second-order valence-corrected chi connectivity index (χ2v) is 4.53. The molecule has 2 rings (SSSR count). The van der Waals surface area contributed by atoms with Crippen molar-refractivity contribution < 1.29 is 4.74 Å². The number of thiocarbonyl (C=S) groups is 1. The Kier molecular flexibility index (Phi) is 5.11. The summed E-state index contributed by atoms with van der Waals surface area (Å²) in [5.41, 5.74) is 3.82. The van der Waals surface area contributed by atoms with E-state index in [1.54, 1.807) is 6.21 Å². The summed E-state index contributed by atoms with van der Waals surface area (Å²) >= 11 is 5.11. The topological polar surface area (TPSA) is 45.6 Å². The molecule has 1 aromatic carbocycles. The molecule has 0 saturated carbocycles. The Labute approximate surface area is 112 Å². The van der Waals surface area contributed by atoms with Crippen LogP contribution in [0.25, 0.3) is 0 Å². The van der Waals surface area contributed by atoms with E-state index >= 15 is 0 Å². The summed E-state index contributed by atoms with van der Waals surface area (Å²) in [4.78, 5) is 0. The molecule has 0 unspecified atom stereocenters. The van der Waals surface area contributed by atoms with Crippen LogP contribution in [-0.4, -0.2) is 30.6 Å². The minimum absolute atomic E-state index is 0.280. The van der Waals surface area contributed by atoms with Crippen LogP contribution in [0, 0.1) is 0 Å². The highest BCUT2D eigenvalue weighted by Gasteiger charge is 2.14. The Morgan fingerprint density at radius 3 is 3.00 bits per heavy atom. The van der Waals surface area contributed by atoms with Crippen LogP contribution in [0.5, 0.6) is 0 Å². The zero-order chi connectivity index (χ0) is 12.6. The summed E-state index contributed by atoms with van der Waals surface area (Å²) < 4.78 is 5.49. The number of ether oxygens (including phenoxy) is 1. The molecule has 1 aliphatic rings. The number of hydrazone groups is 1. The van der Waals surface area contributed by atoms with Crippen molar-refractivity contribution in [3.8, 4) is 0 Å². The summed E-state index contributed by atoms with van der Waals surface area (Å²) in [6, 6.07) is 9.87. The number of nitrogens with one attached hydrogen (secondary N) is 2. The summed E-state index contributed by atoms with van der Waals surface area (Å²) in [6.45, 7) is 1.60. The molecule has 0 amide bonds. The fourth-order valence-electron chi connectivity index (χ4n) is 1.76. The lowest BCUT2D eigenvalue weighted by Crippen LogP contribution is -2.37. The van der Waals surface area contributed by atoms with Crippen molar-refractivity contribution in [3.63, 3.8) is 0 Å². The lowest BCUT2D eigenvalue weighted by Gasteiger charge is -2.11. The predicted molar refractivity (Wildman–Crippen MR) is 76.7 cm³/mol. The summed E-state index contributed by atoms with van der Waals surface area (Å²) in [7, 11) is 0. The first-order chi connectivity index (χ1) is 8.84. The zero-order valence-corrected chi connectivity index (χ0v) is 11.0. The maximum atomic E-state index is 5.49. The van der Waals surface area contributed by atoms with E-state index in [0.717, 1.165) is 31.6 Å². The third-order valence-corrected chi connectivity index (χ3v) is 2.93. The molecular weight excluding hydrogens is 246 g/mol. The van der Waals surface area contributed by atoms with Crippen LogP contribution in [0.2, 0.25) is 0 Å². The third-order valence-electron chi connectivity index (χ3n) is 2.69. The van der Waals surface area contributed by atoms with E-state index in [4.69, 9.17) is 17.0 Å². The minimum atomic E-state index is 0.280. The van der Waals surface area contributed by atoms with Crippen molar-refractivity contribution in [3.05, 3.63) is 35.9 Å². The first kappa shape index (κ1) is 13.0. The van der Waals surface area contributed by atoms with E-state index in [9.17, 15) is 0 Å². The Balaban J connectivity index is 1.66. The molecule has 0 radical (unpaired) electrons. The minimum Gasteiger partial charge on any atom is -0.376 e. The Bertz CT molecular complexity index is 402. The summed E-state index contributed by atoms with van der Waals surface area (Å²) in [5.74, 6) is 0. The van der Waals surface area contributed by atoms with Crippen LogP contribution in [0.1, 0.15) is 18.4 Å². The van der Waals surface area contributed by atoms with Gasteiger partial charge in [0.2, 0.25) is 0 Å². The Morgan fingerprint density at radius 2 is 2.28 bits per heavy atom. The van der Waals surface area contributed by atoms with Gasteiger partial charge < -0.3 is 10.1 Å². The van der Waals surface area contributed by atoms with Gasteiger partial charge in [-0.25, -0.2) is 0 Å². The highest BCUT2D eigenvalue weighted by molar-refractivity contribution is 7.80. The molecular formula is C13H17N3OS. The number of nitrogens with zero attached hydrogens (tertiary/aromatic N) is 1. The number of rotatable bonds is 4. The molecule has 2 N–H and O–H groups in total. The van der Waals surface area contributed by atoms with Gasteiger partial charge in [-0.3, -0.25) is 5.43 Å². The Hall–Kier alpha value is -1.46. The van der Waals surface area contributed by atoms with Crippen molar-refractivity contribution in [1.29, 1.82) is 0 Å². The number of hydrogen-bond donors (Lipinski definition) is 2. The van der Waals surface area contributed by atoms with Gasteiger partial charge in [-0.2, -0.15) is 5.10 Å². The summed E-state index contributed by atoms with van der Waals surface area (Å²) in [6.07, 6.45) is 4.25. The molecule has 1 aromatic rings. The first-order valence-electron chi connectivity index (χ1n) is 6.08. The van der Waals surface area contributed by atoms with Crippen LogP contribution in [0.4, 0.5) is 0 Å². The maximum Gasteiger partial charge on any atom is 0.187 e. The van der Waals surface area contributed by atoms with Gasteiger partial charge >= 0.3 is 0 Å². The van der Waals surface area contributed by atoms with E-state index in [1.807, 2.05) is 30.3 Å². The maximum absolute atomic E-state index is 5.49. The highest BCUT2D eigenvalue weighted by atomic mass is 32.1. The highest BCUT2D eigenvalue weighted by Crippen LogP contribution is 2.10. The van der Waals surface area contributed by atoms with E-state index in [-0.39, 0.29) is 6.10 Å². The average Bonchev–Trinajstić information content (AvgIpc) is 2.91. The molecule has 1 fully saturated rings. The van der Waals surface area contributed by atoms with Crippen molar-refractivity contribution in [1.82, 2.24) is 10.7 Å². The van der Waals surface area contributed by atoms with Crippen LogP contribution >= 0.6 is 12.2 Å². The largest absolute Gasteiger partial charge is 0.376 e. The van der Waals surface area contributed by atoms with E-state index in [0.29, 0.717) is 5.11 Å². The fraction of sp³-hybridized carbons (Fsp3) is 0.385. The van der Waals surface area contributed by atoms with Gasteiger partial charge in [0.15, 0.2) is 5.11 Å². The molecule has 1 aliphatic heterocycles. The van der Waals surface area contributed by atoms with Crippen LogP contribution < -0.4 is 10.7 Å². The number of benzene rings is 1. The van der Waals surface area contributed by atoms with Gasteiger partial charge in [0, 0.05) is 13.2 Å². The van der Waals surface area contributed by atoms with Crippen LogP contribution in [0.3, 0.4) is 0 Å². The molecule has 1 saturated heterocycles. The molecule has 1 heterocycles. The van der Waals surface area contributed by atoms with Gasteiger partial charge in [0.1, 0.15) is 0 Å². The van der Waals surface area contributed by atoms with Crippen molar-refractivity contribution in [2.24, 2.45) is 5.10 Å². The molecule has 1 atom stereocenters. The molecule has 4 nitrogen and oxygen atoms in total. The molecule has 0 aromatic heterocycles. The molecule has 18 heavy (non-hydrogen) atoms. The molecule has 96 valence electrons. The SMILES string of the molecule is S=C(NC[C@@H]1CCCO1)N/N=C\c1ccccc1. The molecule has 0 spiro atoms. The quantitative estimate of drug-likeness (QED) is 0.493. The van der Waals surface area contributed by atoms with Gasteiger partial charge in [0.25, 0.3) is 0 Å². The molecule has 5 heteroatoms. The average molecular weight is 263 g/mol. The monoisotopic (exact) mass is 263 g/mol. The van der Waals surface area contributed by atoms with Crippen molar-refractivity contribution >= 4 is 23.5 Å². The van der Waals surface area contributed by atoms with E-state index in [1.165, 1.54) is 0 Å². The zero-order valence-electron chi connectivity index (χ0n) is 10.1. The van der Waals surface area contributed by atoms with Gasteiger partial charge in [-0.05, 0) is 30.6 Å². The van der Waals surface area contributed by atoms with Crippen molar-refractivity contribution in [2.45, 2.75) is 18.9 Å². The van der Waals surface area contributed by atoms with E-state index < -0.39 is 0 Å². The first-order valence-corrected chi connectivity index (χ1v) is 6.49. The van der Waals surface area contributed by atoms with E-state index in [2.05, 4.69) is 15.8 Å². The van der Waals surface area contributed by atoms with Crippen LogP contribution in [0.15, 0.2) is 35.4 Å². The van der Waals surface area contributed by atoms with Gasteiger partial charge in [-0.1, -0.05) is 30.3 Å². The lowest BCUT2D eigenvalue weighted by atomic mass is 10.2. The second-order valence-electron chi connectivity index (χ2n) is 4.13. The van der Waals surface area contributed by atoms with Gasteiger partial charge in [0.05, 0.1) is 12.3 Å². The second kappa shape index (κ2) is 7.08. The predicted octanol–water partition coefficient (Wildman–Crippen LogP) is 1.66. The standard InChI is InChI=1S/C13H17N3OS/c18-13(14-10-12-7-4-8-17-12)16-15-9-11-5-2-1-3-6-11/h1-3,5-6,9,12H,4,7-8,10H2,(H2,14,16,18)/b15-9-/t12-/m0/s1. The smallest absolute Gasteiger partial charge is 0.187 e. The molecule has 0 aliphatic carbocycles. The Morgan fingerprint density at radius 1 is 1.44 bits per heavy atom. The fourth-order valence-corrected chi connectivity index (χ4v) is 1.89. The van der Waals surface area contributed by atoms with Crippen LogP contribution in [-0.2, 0) is 4.74 Å². The van der Waals surface area contributed by atoms with Crippen molar-refractivity contribution in [2.75, 3.05) is 13.2 Å².